The van der Waals surface area contributed by atoms with Gasteiger partial charge >= 0.3 is 0 Å². The maximum Gasteiger partial charge on any atom is 0.193 e. The first-order valence-electron chi connectivity index (χ1n) is 6.40. The lowest BCUT2D eigenvalue weighted by Crippen LogP contribution is -2.05. The van der Waals surface area contributed by atoms with Crippen molar-refractivity contribution in [2.24, 2.45) is 0 Å². The van der Waals surface area contributed by atoms with Crippen molar-refractivity contribution in [2.45, 2.75) is 13.8 Å². The van der Waals surface area contributed by atoms with Gasteiger partial charge in [0.05, 0.1) is 14.2 Å². The molecule has 0 radical (unpaired) electrons. The Kier molecular flexibility index (Phi) is 4.08. The van der Waals surface area contributed by atoms with E-state index in [1.807, 2.05) is 44.2 Å². The summed E-state index contributed by atoms with van der Waals surface area (Å²) in [4.78, 5) is 12.5. The molecule has 0 fully saturated rings. The van der Waals surface area contributed by atoms with Crippen LogP contribution in [-0.2, 0) is 0 Å². The largest absolute Gasteiger partial charge is 0.493 e. The third-order valence-corrected chi connectivity index (χ3v) is 3.29. The van der Waals surface area contributed by atoms with E-state index in [1.54, 1.807) is 20.3 Å². The van der Waals surface area contributed by atoms with E-state index in [2.05, 4.69) is 0 Å². The van der Waals surface area contributed by atoms with Crippen molar-refractivity contribution in [1.29, 1.82) is 0 Å². The molecule has 2 aromatic rings. The Bertz CT molecular complexity index is 627. The average molecular weight is 270 g/mol. The zero-order valence-electron chi connectivity index (χ0n) is 12.2. The van der Waals surface area contributed by atoms with Crippen molar-refractivity contribution in [1.82, 2.24) is 0 Å². The third kappa shape index (κ3) is 2.67. The van der Waals surface area contributed by atoms with Crippen molar-refractivity contribution in [3.05, 3.63) is 58.7 Å². The molecular formula is C17H18O3. The highest BCUT2D eigenvalue weighted by Gasteiger charge is 2.15. The van der Waals surface area contributed by atoms with E-state index in [9.17, 15) is 4.79 Å². The fourth-order valence-corrected chi connectivity index (χ4v) is 2.09. The lowest BCUT2D eigenvalue weighted by Gasteiger charge is -2.12. The molecule has 0 heterocycles. The number of ketones is 1. The molecule has 0 aliphatic carbocycles. The Labute approximate surface area is 119 Å². The van der Waals surface area contributed by atoms with Crippen LogP contribution in [0.4, 0.5) is 0 Å². The molecule has 2 rings (SSSR count). The molecule has 0 unspecified atom stereocenters. The molecule has 0 spiro atoms. The molecule has 0 atom stereocenters. The van der Waals surface area contributed by atoms with Gasteiger partial charge in [0, 0.05) is 11.1 Å². The van der Waals surface area contributed by atoms with Gasteiger partial charge in [-0.15, -0.1) is 0 Å². The molecule has 2 aromatic carbocycles. The molecule has 3 heteroatoms. The van der Waals surface area contributed by atoms with Crippen LogP contribution in [0.5, 0.6) is 11.5 Å². The number of carbonyl (C=O) groups is 1. The summed E-state index contributed by atoms with van der Waals surface area (Å²) in [6, 6.07) is 11.1. The molecule has 3 nitrogen and oxygen atoms in total. The van der Waals surface area contributed by atoms with E-state index in [4.69, 9.17) is 9.47 Å². The monoisotopic (exact) mass is 270 g/mol. The predicted molar refractivity (Wildman–Crippen MR) is 78.9 cm³/mol. The van der Waals surface area contributed by atoms with Gasteiger partial charge < -0.3 is 9.47 Å². The molecule has 0 amide bonds. The number of ether oxygens (including phenoxy) is 2. The topological polar surface area (TPSA) is 35.5 Å². The Balaban J connectivity index is 2.46. The Morgan fingerprint density at radius 3 is 2.00 bits per heavy atom. The molecule has 0 aromatic heterocycles. The number of carbonyl (C=O) groups excluding carboxylic acids is 1. The van der Waals surface area contributed by atoms with Gasteiger partial charge in [-0.2, -0.15) is 0 Å². The van der Waals surface area contributed by atoms with E-state index in [0.29, 0.717) is 22.6 Å². The van der Waals surface area contributed by atoms with Gasteiger partial charge in [-0.05, 0) is 31.5 Å². The van der Waals surface area contributed by atoms with Crippen LogP contribution in [0.25, 0.3) is 0 Å². The SMILES string of the molecule is COc1cc(C)c(C(=O)c2ccc(C)cc2)cc1OC. The quantitative estimate of drug-likeness (QED) is 0.797. The van der Waals surface area contributed by atoms with Gasteiger partial charge in [0.2, 0.25) is 0 Å². The first kappa shape index (κ1) is 14.1. The first-order chi connectivity index (χ1) is 9.56. The number of hydrogen-bond donors (Lipinski definition) is 0. The van der Waals surface area contributed by atoms with E-state index in [1.165, 1.54) is 0 Å². The maximum absolute atomic E-state index is 12.5. The molecule has 0 aliphatic heterocycles. The summed E-state index contributed by atoms with van der Waals surface area (Å²) in [6.07, 6.45) is 0. The molecule has 0 bridgehead atoms. The summed E-state index contributed by atoms with van der Waals surface area (Å²) in [7, 11) is 3.14. The molecule has 0 N–H and O–H groups in total. The Hall–Kier alpha value is -2.29. The smallest absolute Gasteiger partial charge is 0.193 e. The van der Waals surface area contributed by atoms with E-state index >= 15 is 0 Å². The minimum absolute atomic E-state index is 0.0107. The van der Waals surface area contributed by atoms with Crippen LogP contribution in [0.15, 0.2) is 36.4 Å². The van der Waals surface area contributed by atoms with Crippen LogP contribution < -0.4 is 9.47 Å². The summed E-state index contributed by atoms with van der Waals surface area (Å²) in [6.45, 7) is 3.89. The molecule has 104 valence electrons. The van der Waals surface area contributed by atoms with Gasteiger partial charge in [0.25, 0.3) is 0 Å². The fraction of sp³-hybridized carbons (Fsp3) is 0.235. The number of rotatable bonds is 4. The third-order valence-electron chi connectivity index (χ3n) is 3.29. The molecule has 20 heavy (non-hydrogen) atoms. The molecular weight excluding hydrogens is 252 g/mol. The summed E-state index contributed by atoms with van der Waals surface area (Å²) < 4.78 is 10.5. The van der Waals surface area contributed by atoms with Crippen LogP contribution in [0.1, 0.15) is 27.0 Å². The molecule has 0 saturated carbocycles. The lowest BCUT2D eigenvalue weighted by molar-refractivity contribution is 0.103. The summed E-state index contributed by atoms with van der Waals surface area (Å²) in [5.41, 5.74) is 3.30. The van der Waals surface area contributed by atoms with Crippen molar-refractivity contribution < 1.29 is 14.3 Å². The number of hydrogen-bond acceptors (Lipinski definition) is 3. The second kappa shape index (κ2) is 5.78. The standard InChI is InChI=1S/C17H18O3/c1-11-5-7-13(8-6-11)17(18)14-10-16(20-4)15(19-3)9-12(14)2/h5-10H,1-4H3. The van der Waals surface area contributed by atoms with Gasteiger partial charge in [-0.25, -0.2) is 0 Å². The highest BCUT2D eigenvalue weighted by Crippen LogP contribution is 2.31. The van der Waals surface area contributed by atoms with E-state index in [-0.39, 0.29) is 5.78 Å². The maximum atomic E-state index is 12.5. The summed E-state index contributed by atoms with van der Waals surface area (Å²) >= 11 is 0. The van der Waals surface area contributed by atoms with Gasteiger partial charge in [-0.1, -0.05) is 29.8 Å². The van der Waals surface area contributed by atoms with Crippen molar-refractivity contribution >= 4 is 5.78 Å². The second-order valence-electron chi connectivity index (χ2n) is 4.72. The van der Waals surface area contributed by atoms with Crippen LogP contribution in [-0.4, -0.2) is 20.0 Å². The number of methoxy groups -OCH3 is 2. The first-order valence-corrected chi connectivity index (χ1v) is 6.40. The van der Waals surface area contributed by atoms with Gasteiger partial charge in [0.15, 0.2) is 17.3 Å². The highest BCUT2D eigenvalue weighted by atomic mass is 16.5. The fourth-order valence-electron chi connectivity index (χ4n) is 2.09. The zero-order chi connectivity index (χ0) is 14.7. The van der Waals surface area contributed by atoms with Crippen LogP contribution >= 0.6 is 0 Å². The van der Waals surface area contributed by atoms with Crippen LogP contribution in [0.3, 0.4) is 0 Å². The Morgan fingerprint density at radius 1 is 0.900 bits per heavy atom. The highest BCUT2D eigenvalue weighted by molar-refractivity contribution is 6.10. The average Bonchev–Trinajstić information content (AvgIpc) is 2.47. The van der Waals surface area contributed by atoms with Gasteiger partial charge in [0.1, 0.15) is 0 Å². The lowest BCUT2D eigenvalue weighted by atomic mass is 9.98. The Morgan fingerprint density at radius 2 is 1.45 bits per heavy atom. The minimum Gasteiger partial charge on any atom is -0.493 e. The van der Waals surface area contributed by atoms with Crippen LogP contribution in [0.2, 0.25) is 0 Å². The minimum atomic E-state index is -0.0107. The van der Waals surface area contributed by atoms with Crippen molar-refractivity contribution in [3.63, 3.8) is 0 Å². The van der Waals surface area contributed by atoms with E-state index in [0.717, 1.165) is 11.1 Å². The second-order valence-corrected chi connectivity index (χ2v) is 4.72. The van der Waals surface area contributed by atoms with Crippen molar-refractivity contribution in [2.75, 3.05) is 14.2 Å². The van der Waals surface area contributed by atoms with Crippen LogP contribution in [0, 0.1) is 13.8 Å². The summed E-state index contributed by atoms with van der Waals surface area (Å²) in [5.74, 6) is 1.18. The molecule has 0 saturated heterocycles. The number of benzene rings is 2. The molecule has 0 aliphatic rings. The van der Waals surface area contributed by atoms with Gasteiger partial charge in [-0.3, -0.25) is 4.79 Å². The zero-order valence-corrected chi connectivity index (χ0v) is 12.2. The predicted octanol–water partition coefficient (Wildman–Crippen LogP) is 3.55. The van der Waals surface area contributed by atoms with E-state index < -0.39 is 0 Å². The van der Waals surface area contributed by atoms with Crippen molar-refractivity contribution in [3.8, 4) is 11.5 Å². The normalized spacial score (nSPS) is 10.2. The summed E-state index contributed by atoms with van der Waals surface area (Å²) in [5, 5.41) is 0. The number of aryl methyl sites for hydroxylation is 2.